The van der Waals surface area contributed by atoms with Gasteiger partial charge in [0.2, 0.25) is 5.91 Å². The minimum atomic E-state index is -4.05. The molecule has 0 spiro atoms. The molecule has 3 amide bonds. The van der Waals surface area contributed by atoms with Gasteiger partial charge in [0.25, 0.3) is 5.91 Å². The molecule has 0 radical (unpaired) electrons. The van der Waals surface area contributed by atoms with Gasteiger partial charge in [-0.15, -0.1) is 0 Å². The van der Waals surface area contributed by atoms with Crippen molar-refractivity contribution < 1.29 is 55.3 Å². The van der Waals surface area contributed by atoms with Crippen molar-refractivity contribution in [3.05, 3.63) is 82.7 Å². The molecule has 1 heterocycles. The summed E-state index contributed by atoms with van der Waals surface area (Å²) in [4.78, 5) is 51.6. The van der Waals surface area contributed by atoms with Crippen LogP contribution in [0.3, 0.4) is 0 Å². The maximum absolute atomic E-state index is 15.1. The number of carbonyl (C=O) groups is 4. The Labute approximate surface area is 272 Å². The van der Waals surface area contributed by atoms with E-state index in [1.54, 1.807) is 0 Å². The Morgan fingerprint density at radius 2 is 1.73 bits per heavy atom. The number of likely N-dealkylation sites (tertiary alicyclic amines) is 1. The van der Waals surface area contributed by atoms with E-state index in [1.807, 2.05) is 0 Å². The van der Waals surface area contributed by atoms with Crippen molar-refractivity contribution in [1.82, 2.24) is 4.90 Å². The number of halogens is 3. The third-order valence-electron chi connectivity index (χ3n) is 7.85. The summed E-state index contributed by atoms with van der Waals surface area (Å²) >= 11 is 0. The number of rotatable bonds is 11. The summed E-state index contributed by atoms with van der Waals surface area (Å²) in [6, 6.07) is 4.87. The molecule has 5 N–H and O–H groups in total. The molecule has 1 saturated heterocycles. The summed E-state index contributed by atoms with van der Waals surface area (Å²) in [5, 5.41) is 15.2. The highest BCUT2D eigenvalue weighted by Gasteiger charge is 2.46. The first kappa shape index (κ1) is 35.5. The second-order valence-electron chi connectivity index (χ2n) is 10.6. The normalized spacial score (nSPS) is 16.6. The van der Waals surface area contributed by atoms with Crippen molar-refractivity contribution in [2.75, 3.05) is 37.2 Å². The Morgan fingerprint density at radius 1 is 1.02 bits per heavy atom. The molecule has 3 aromatic carbocycles. The lowest BCUT2D eigenvalue weighted by atomic mass is 9.92. The molecule has 0 saturated carbocycles. The van der Waals surface area contributed by atoms with E-state index in [1.165, 1.54) is 25.1 Å². The van der Waals surface area contributed by atoms with Crippen LogP contribution in [-0.4, -0.2) is 68.8 Å². The largest absolute Gasteiger partial charge is 0.494 e. The lowest BCUT2D eigenvalue weighted by Crippen LogP contribution is -2.40. The van der Waals surface area contributed by atoms with Crippen molar-refractivity contribution in [3.8, 4) is 5.75 Å². The Kier molecular flexibility index (Phi) is 10.5. The van der Waals surface area contributed by atoms with Gasteiger partial charge in [-0.1, -0.05) is 13.0 Å². The van der Waals surface area contributed by atoms with Gasteiger partial charge >= 0.3 is 12.1 Å². The number of amides is 3. The molecule has 13 nitrogen and oxygen atoms in total. The number of nitrogens with one attached hydrogen (secondary N) is 2. The quantitative estimate of drug-likeness (QED) is 0.228. The van der Waals surface area contributed by atoms with E-state index < -0.39 is 86.2 Å². The molecule has 3 atom stereocenters. The van der Waals surface area contributed by atoms with Crippen LogP contribution >= 0.6 is 0 Å². The highest BCUT2D eigenvalue weighted by Crippen LogP contribution is 2.43. The van der Waals surface area contributed by atoms with Crippen molar-refractivity contribution in [1.29, 1.82) is 0 Å². The van der Waals surface area contributed by atoms with Gasteiger partial charge in [-0.05, 0) is 53.9 Å². The lowest BCUT2D eigenvalue weighted by Gasteiger charge is -2.33. The number of carboxylic acids is 1. The number of hydrogen-bond donors (Lipinski definition) is 4. The molecule has 4 rings (SSSR count). The van der Waals surface area contributed by atoms with E-state index in [-0.39, 0.29) is 40.4 Å². The predicted molar refractivity (Wildman–Crippen MR) is 165 cm³/mol. The first-order valence-corrected chi connectivity index (χ1v) is 15.9. The standard InChI is InChI=1S/C31H31F3N4O9S/c1-4-48(44,45)25-8-6-16(36-31(43)47-3)12-19(25)27-17(30(41)42)9-10-38(27)29(40)26(15-5-7-20(32)24(11-15)46-2)37-23-13-18(28(35)39)21(33)14-22(23)34/h5-8,11-14,17,26-27,37H,4,9-10H2,1-3H3,(H2,35,39)(H,36,43)(H,41,42)/t17-,26?,27+/m0/s1. The van der Waals surface area contributed by atoms with Gasteiger partial charge in [-0.2, -0.15) is 0 Å². The third kappa shape index (κ3) is 7.15. The minimum Gasteiger partial charge on any atom is -0.494 e. The van der Waals surface area contributed by atoms with Crippen LogP contribution in [-0.2, 0) is 24.2 Å². The number of anilines is 2. The van der Waals surface area contributed by atoms with Gasteiger partial charge in [-0.25, -0.2) is 26.4 Å². The second-order valence-corrected chi connectivity index (χ2v) is 12.9. The van der Waals surface area contributed by atoms with Gasteiger partial charge in [0.15, 0.2) is 21.4 Å². The van der Waals surface area contributed by atoms with Crippen LogP contribution in [0.25, 0.3) is 0 Å². The first-order valence-electron chi connectivity index (χ1n) is 14.3. The molecule has 48 heavy (non-hydrogen) atoms. The molecule has 1 unspecified atom stereocenters. The Bertz CT molecular complexity index is 1890. The topological polar surface area (TPSA) is 194 Å². The van der Waals surface area contributed by atoms with Crippen LogP contribution in [0, 0.1) is 23.4 Å². The maximum Gasteiger partial charge on any atom is 0.411 e. The average molecular weight is 693 g/mol. The van der Waals surface area contributed by atoms with Crippen LogP contribution < -0.4 is 21.1 Å². The minimum absolute atomic E-state index is 0.0253. The lowest BCUT2D eigenvalue weighted by molar-refractivity contribution is -0.143. The molecule has 1 aliphatic heterocycles. The first-order chi connectivity index (χ1) is 22.6. The Hall–Kier alpha value is -5.32. The number of sulfone groups is 1. The van der Waals surface area contributed by atoms with Crippen molar-refractivity contribution in [2.24, 2.45) is 11.7 Å². The number of carboxylic acid groups (broad SMARTS) is 1. The molecule has 0 aliphatic carbocycles. The van der Waals surface area contributed by atoms with Gasteiger partial charge in [0, 0.05) is 18.3 Å². The summed E-state index contributed by atoms with van der Waals surface area (Å²) in [5.74, 6) is -8.94. The number of benzene rings is 3. The van der Waals surface area contributed by atoms with Gasteiger partial charge in [0.1, 0.15) is 17.7 Å². The fraction of sp³-hybridized carbons (Fsp3) is 0.290. The number of nitrogens with zero attached hydrogens (tertiary/aromatic N) is 1. The molecule has 0 aromatic heterocycles. The van der Waals surface area contributed by atoms with Crippen LogP contribution in [0.1, 0.15) is 46.9 Å². The summed E-state index contributed by atoms with van der Waals surface area (Å²) in [6.45, 7) is 1.13. The molecule has 256 valence electrons. The fourth-order valence-corrected chi connectivity index (χ4v) is 6.59. The molecular weight excluding hydrogens is 661 g/mol. The van der Waals surface area contributed by atoms with E-state index in [2.05, 4.69) is 15.4 Å². The Balaban J connectivity index is 1.93. The zero-order valence-corrected chi connectivity index (χ0v) is 26.6. The molecule has 17 heteroatoms. The Morgan fingerprint density at radius 3 is 2.33 bits per heavy atom. The summed E-state index contributed by atoms with van der Waals surface area (Å²) in [7, 11) is -1.80. The number of primary amides is 1. The number of aliphatic carboxylic acids is 1. The molecular formula is C31H31F3N4O9S. The van der Waals surface area contributed by atoms with E-state index in [4.69, 9.17) is 10.5 Å². The molecule has 0 bridgehead atoms. The van der Waals surface area contributed by atoms with Crippen molar-refractivity contribution in [3.63, 3.8) is 0 Å². The highest BCUT2D eigenvalue weighted by atomic mass is 32.2. The van der Waals surface area contributed by atoms with Crippen LogP contribution in [0.5, 0.6) is 5.75 Å². The second kappa shape index (κ2) is 14.2. The van der Waals surface area contributed by atoms with Gasteiger partial charge in [-0.3, -0.25) is 19.7 Å². The highest BCUT2D eigenvalue weighted by molar-refractivity contribution is 7.91. The molecule has 1 aliphatic rings. The van der Waals surface area contributed by atoms with Gasteiger partial charge in [0.05, 0.1) is 48.1 Å². The van der Waals surface area contributed by atoms with Crippen molar-refractivity contribution >= 4 is 45.1 Å². The zero-order chi connectivity index (χ0) is 35.5. The number of ether oxygens (including phenoxy) is 2. The maximum atomic E-state index is 15.1. The van der Waals surface area contributed by atoms with Crippen LogP contribution in [0.2, 0.25) is 0 Å². The van der Waals surface area contributed by atoms with Crippen molar-refractivity contribution in [2.45, 2.75) is 30.3 Å². The fourth-order valence-electron chi connectivity index (χ4n) is 5.46. The average Bonchev–Trinajstić information content (AvgIpc) is 3.50. The summed E-state index contributed by atoms with van der Waals surface area (Å²) in [6.07, 6.45) is -1.06. The smallest absolute Gasteiger partial charge is 0.411 e. The third-order valence-corrected chi connectivity index (χ3v) is 9.65. The SMILES string of the molecule is CCS(=O)(=O)c1ccc(NC(=O)OC)cc1[C@H]1[C@@H](C(=O)O)CCN1C(=O)C(Nc1cc(C(N)=O)c(F)cc1F)c1ccc(F)c(OC)c1. The molecule has 1 fully saturated rings. The van der Waals surface area contributed by atoms with Gasteiger partial charge < -0.3 is 30.5 Å². The summed E-state index contributed by atoms with van der Waals surface area (Å²) in [5.41, 5.74) is 3.82. The zero-order valence-electron chi connectivity index (χ0n) is 25.8. The number of carbonyl (C=O) groups excluding carboxylic acids is 3. The van der Waals surface area contributed by atoms with E-state index in [0.29, 0.717) is 6.07 Å². The van der Waals surface area contributed by atoms with E-state index in [9.17, 15) is 41.5 Å². The monoisotopic (exact) mass is 692 g/mol. The summed E-state index contributed by atoms with van der Waals surface area (Å²) < 4.78 is 79.9. The number of hydrogen-bond acceptors (Lipinski definition) is 9. The molecule has 3 aromatic rings. The number of methoxy groups -OCH3 is 2. The predicted octanol–water partition coefficient (Wildman–Crippen LogP) is 4.01. The van der Waals surface area contributed by atoms with Crippen LogP contribution in [0.15, 0.2) is 53.4 Å². The number of nitrogens with two attached hydrogens (primary N) is 1. The van der Waals surface area contributed by atoms with E-state index >= 15 is 4.39 Å². The van der Waals surface area contributed by atoms with E-state index in [0.717, 1.165) is 43.4 Å². The van der Waals surface area contributed by atoms with Crippen LogP contribution in [0.4, 0.5) is 29.3 Å².